The number of amides is 1. The zero-order valence-corrected chi connectivity index (χ0v) is 12.9. The molecule has 120 valence electrons. The highest BCUT2D eigenvalue weighted by atomic mass is 19.1. The van der Waals surface area contributed by atoms with Crippen LogP contribution in [0.15, 0.2) is 36.4 Å². The Hall–Kier alpha value is -2.27. The van der Waals surface area contributed by atoms with Gasteiger partial charge in [0.05, 0.1) is 0 Å². The van der Waals surface area contributed by atoms with E-state index < -0.39 is 5.82 Å². The smallest absolute Gasteiger partial charge is 0.254 e. The number of rotatable bonds is 2. The SMILES string of the molecule is Cc1cc(F)ccc1-c1ccc(C(=O)N2CCNCC2)cc1F. The molecule has 23 heavy (non-hydrogen) atoms. The predicted molar refractivity (Wildman–Crippen MR) is 85.3 cm³/mol. The Kier molecular flexibility index (Phi) is 4.39. The fraction of sp³-hybridized carbons (Fsp3) is 0.278. The Morgan fingerprint density at radius 3 is 2.39 bits per heavy atom. The molecule has 0 aromatic heterocycles. The Balaban J connectivity index is 1.90. The summed E-state index contributed by atoms with van der Waals surface area (Å²) in [6.07, 6.45) is 0. The van der Waals surface area contributed by atoms with Gasteiger partial charge >= 0.3 is 0 Å². The van der Waals surface area contributed by atoms with Crippen molar-refractivity contribution in [3.8, 4) is 11.1 Å². The maximum atomic E-state index is 14.5. The van der Waals surface area contributed by atoms with E-state index in [1.54, 1.807) is 30.0 Å². The summed E-state index contributed by atoms with van der Waals surface area (Å²) in [6, 6.07) is 8.72. The average Bonchev–Trinajstić information content (AvgIpc) is 2.55. The van der Waals surface area contributed by atoms with E-state index in [0.717, 1.165) is 13.1 Å². The monoisotopic (exact) mass is 316 g/mol. The van der Waals surface area contributed by atoms with Crippen molar-refractivity contribution in [1.82, 2.24) is 10.2 Å². The lowest BCUT2D eigenvalue weighted by Crippen LogP contribution is -2.46. The van der Waals surface area contributed by atoms with Gasteiger partial charge < -0.3 is 10.2 Å². The van der Waals surface area contributed by atoms with Crippen LogP contribution in [-0.2, 0) is 0 Å². The molecule has 1 aliphatic rings. The third-order valence-corrected chi connectivity index (χ3v) is 4.10. The second-order valence-corrected chi connectivity index (χ2v) is 5.70. The first-order valence-corrected chi connectivity index (χ1v) is 7.62. The van der Waals surface area contributed by atoms with Gasteiger partial charge in [-0.2, -0.15) is 0 Å². The maximum Gasteiger partial charge on any atom is 0.254 e. The van der Waals surface area contributed by atoms with Gasteiger partial charge in [-0.3, -0.25) is 4.79 Å². The summed E-state index contributed by atoms with van der Waals surface area (Å²) in [6.45, 7) is 4.48. The summed E-state index contributed by atoms with van der Waals surface area (Å²) in [5.41, 5.74) is 2.00. The molecule has 0 bridgehead atoms. The topological polar surface area (TPSA) is 32.3 Å². The van der Waals surface area contributed by atoms with Crippen LogP contribution in [0.4, 0.5) is 8.78 Å². The number of carbonyl (C=O) groups excluding carboxylic acids is 1. The summed E-state index contributed by atoms with van der Waals surface area (Å²) >= 11 is 0. The molecular formula is C18H18F2N2O. The molecule has 0 saturated carbocycles. The van der Waals surface area contributed by atoms with Gasteiger partial charge in [0.15, 0.2) is 0 Å². The van der Waals surface area contributed by atoms with Crippen molar-refractivity contribution in [2.45, 2.75) is 6.92 Å². The molecule has 1 saturated heterocycles. The molecule has 0 atom stereocenters. The molecule has 0 radical (unpaired) electrons. The summed E-state index contributed by atoms with van der Waals surface area (Å²) in [5, 5.41) is 3.18. The second-order valence-electron chi connectivity index (χ2n) is 5.70. The quantitative estimate of drug-likeness (QED) is 0.924. The molecule has 0 unspecified atom stereocenters. The van der Waals surface area contributed by atoms with Gasteiger partial charge in [-0.05, 0) is 42.3 Å². The van der Waals surface area contributed by atoms with E-state index in [2.05, 4.69) is 5.32 Å². The van der Waals surface area contributed by atoms with E-state index >= 15 is 0 Å². The van der Waals surface area contributed by atoms with Crippen molar-refractivity contribution in [1.29, 1.82) is 0 Å². The molecule has 1 fully saturated rings. The van der Waals surface area contributed by atoms with Crippen molar-refractivity contribution in [3.63, 3.8) is 0 Å². The first-order valence-electron chi connectivity index (χ1n) is 7.62. The molecule has 2 aromatic carbocycles. The first-order chi connectivity index (χ1) is 11.1. The van der Waals surface area contributed by atoms with Crippen molar-refractivity contribution in [2.75, 3.05) is 26.2 Å². The van der Waals surface area contributed by atoms with Gasteiger partial charge in [0, 0.05) is 37.3 Å². The van der Waals surface area contributed by atoms with Gasteiger partial charge in [-0.15, -0.1) is 0 Å². The fourth-order valence-electron chi connectivity index (χ4n) is 2.85. The van der Waals surface area contributed by atoms with E-state index in [1.165, 1.54) is 18.2 Å². The number of hydrogen-bond acceptors (Lipinski definition) is 2. The van der Waals surface area contributed by atoms with Crippen molar-refractivity contribution >= 4 is 5.91 Å². The number of halogens is 2. The second kappa shape index (κ2) is 6.46. The Morgan fingerprint density at radius 1 is 1.04 bits per heavy atom. The Morgan fingerprint density at radius 2 is 1.74 bits per heavy atom. The van der Waals surface area contributed by atoms with Crippen LogP contribution >= 0.6 is 0 Å². The van der Waals surface area contributed by atoms with Gasteiger partial charge in [-0.1, -0.05) is 12.1 Å². The van der Waals surface area contributed by atoms with Crippen LogP contribution in [0.3, 0.4) is 0 Å². The van der Waals surface area contributed by atoms with E-state index in [9.17, 15) is 13.6 Å². The molecule has 0 aliphatic carbocycles. The normalized spacial score (nSPS) is 14.8. The molecule has 1 N–H and O–H groups in total. The minimum Gasteiger partial charge on any atom is -0.336 e. The first kappa shape index (κ1) is 15.6. The van der Waals surface area contributed by atoms with Crippen LogP contribution in [0.25, 0.3) is 11.1 Å². The molecule has 3 nitrogen and oxygen atoms in total. The lowest BCUT2D eigenvalue weighted by atomic mass is 9.98. The summed E-state index contributed by atoms with van der Waals surface area (Å²) < 4.78 is 27.7. The largest absolute Gasteiger partial charge is 0.336 e. The van der Waals surface area contributed by atoms with Gasteiger partial charge in [0.1, 0.15) is 11.6 Å². The molecule has 5 heteroatoms. The molecule has 1 aliphatic heterocycles. The van der Waals surface area contributed by atoms with E-state index in [0.29, 0.717) is 35.3 Å². The number of aryl methyl sites for hydroxylation is 1. The minimum atomic E-state index is -0.472. The van der Waals surface area contributed by atoms with Crippen LogP contribution < -0.4 is 5.32 Å². The summed E-state index contributed by atoms with van der Waals surface area (Å²) in [4.78, 5) is 14.1. The van der Waals surface area contributed by atoms with Crippen LogP contribution in [0, 0.1) is 18.6 Å². The third-order valence-electron chi connectivity index (χ3n) is 4.10. The van der Waals surface area contributed by atoms with Crippen LogP contribution in [0.5, 0.6) is 0 Å². The van der Waals surface area contributed by atoms with E-state index in [1.807, 2.05) is 0 Å². The highest BCUT2D eigenvalue weighted by Gasteiger charge is 2.19. The van der Waals surface area contributed by atoms with E-state index in [-0.39, 0.29) is 11.7 Å². The Bertz CT molecular complexity index is 740. The summed E-state index contributed by atoms with van der Waals surface area (Å²) in [5.74, 6) is -0.981. The maximum absolute atomic E-state index is 14.5. The van der Waals surface area contributed by atoms with Crippen LogP contribution in [0.1, 0.15) is 15.9 Å². The lowest BCUT2D eigenvalue weighted by Gasteiger charge is -2.27. The molecule has 3 rings (SSSR count). The molecular weight excluding hydrogens is 298 g/mol. The zero-order chi connectivity index (χ0) is 16.4. The van der Waals surface area contributed by atoms with Gasteiger partial charge in [0.25, 0.3) is 5.91 Å². The molecule has 1 amide bonds. The third kappa shape index (κ3) is 3.24. The summed E-state index contributed by atoms with van der Waals surface area (Å²) in [7, 11) is 0. The number of hydrogen-bond donors (Lipinski definition) is 1. The van der Waals surface area contributed by atoms with Gasteiger partial charge in [0.2, 0.25) is 0 Å². The van der Waals surface area contributed by atoms with Crippen molar-refractivity contribution in [3.05, 3.63) is 59.2 Å². The average molecular weight is 316 g/mol. The number of nitrogens with zero attached hydrogens (tertiary/aromatic N) is 1. The Labute approximate surface area is 133 Å². The molecule has 1 heterocycles. The lowest BCUT2D eigenvalue weighted by molar-refractivity contribution is 0.0735. The molecule has 2 aromatic rings. The van der Waals surface area contributed by atoms with Crippen molar-refractivity contribution in [2.24, 2.45) is 0 Å². The highest BCUT2D eigenvalue weighted by Crippen LogP contribution is 2.27. The number of benzene rings is 2. The number of nitrogens with one attached hydrogen (secondary N) is 1. The highest BCUT2D eigenvalue weighted by molar-refractivity contribution is 5.95. The predicted octanol–water partition coefficient (Wildman–Crippen LogP) is 2.99. The van der Waals surface area contributed by atoms with Gasteiger partial charge in [-0.25, -0.2) is 8.78 Å². The number of carbonyl (C=O) groups is 1. The fourth-order valence-corrected chi connectivity index (χ4v) is 2.85. The molecule has 0 spiro atoms. The standard InChI is InChI=1S/C18H18F2N2O/c1-12-10-14(19)3-5-15(12)16-4-2-13(11-17(16)20)18(23)22-8-6-21-7-9-22/h2-5,10-11,21H,6-9H2,1H3. The van der Waals surface area contributed by atoms with Crippen LogP contribution in [0.2, 0.25) is 0 Å². The minimum absolute atomic E-state index is 0.159. The van der Waals surface area contributed by atoms with E-state index in [4.69, 9.17) is 0 Å². The van der Waals surface area contributed by atoms with Crippen molar-refractivity contribution < 1.29 is 13.6 Å². The number of piperazine rings is 1. The van der Waals surface area contributed by atoms with Crippen LogP contribution in [-0.4, -0.2) is 37.0 Å². The zero-order valence-electron chi connectivity index (χ0n) is 12.9.